The molecule has 0 amide bonds. The van der Waals surface area contributed by atoms with E-state index in [1.165, 1.54) is 14.2 Å². The maximum absolute atomic E-state index is 11.6. The Kier molecular flexibility index (Phi) is 3.85. The van der Waals surface area contributed by atoms with Gasteiger partial charge in [0, 0.05) is 7.11 Å². The van der Waals surface area contributed by atoms with Crippen molar-refractivity contribution < 1.29 is 33.6 Å². The minimum absolute atomic E-state index is 0.143. The highest BCUT2D eigenvalue weighted by Crippen LogP contribution is 2.50. The minimum atomic E-state index is -1.33. The van der Waals surface area contributed by atoms with E-state index < -0.39 is 35.4 Å². The van der Waals surface area contributed by atoms with Crippen LogP contribution < -0.4 is 0 Å². The van der Waals surface area contributed by atoms with Crippen LogP contribution in [0.15, 0.2) is 0 Å². The van der Waals surface area contributed by atoms with Crippen LogP contribution in [-0.4, -0.2) is 61.3 Å². The van der Waals surface area contributed by atoms with Crippen molar-refractivity contribution in [1.29, 1.82) is 0 Å². The highest BCUT2D eigenvalue weighted by molar-refractivity contribution is 5.70. The number of ether oxygens (including phenoxy) is 5. The van der Waals surface area contributed by atoms with Crippen molar-refractivity contribution in [3.8, 4) is 0 Å². The highest BCUT2D eigenvalue weighted by atomic mass is 16.8. The van der Waals surface area contributed by atoms with E-state index in [1.807, 2.05) is 0 Å². The van der Waals surface area contributed by atoms with E-state index in [9.17, 15) is 9.90 Å². The lowest BCUT2D eigenvalue weighted by molar-refractivity contribution is -0.306. The molecule has 7 heteroatoms. The predicted molar refractivity (Wildman–Crippen MR) is 66.8 cm³/mol. The third kappa shape index (κ3) is 2.33. The monoisotopic (exact) mass is 290 g/mol. The SMILES string of the molecule is COC(=O)C[C@]1(OC)O[C@](C)(CO)[C@H]2OC(C)(C)O[C@H]21. The Hall–Kier alpha value is -0.730. The number of methoxy groups -OCH3 is 2. The van der Waals surface area contributed by atoms with Crippen molar-refractivity contribution in [2.75, 3.05) is 20.8 Å². The van der Waals surface area contributed by atoms with Gasteiger partial charge in [0.2, 0.25) is 5.79 Å². The summed E-state index contributed by atoms with van der Waals surface area (Å²) in [4.78, 5) is 11.6. The Morgan fingerprint density at radius 3 is 2.30 bits per heavy atom. The van der Waals surface area contributed by atoms with Crippen molar-refractivity contribution in [3.05, 3.63) is 0 Å². The maximum Gasteiger partial charge on any atom is 0.311 e. The Morgan fingerprint density at radius 1 is 1.20 bits per heavy atom. The molecule has 0 aromatic carbocycles. The summed E-state index contributed by atoms with van der Waals surface area (Å²) in [7, 11) is 2.72. The fourth-order valence-electron chi connectivity index (χ4n) is 2.80. The summed E-state index contributed by atoms with van der Waals surface area (Å²) in [5.41, 5.74) is -1.01. The Labute approximate surface area is 118 Å². The van der Waals surface area contributed by atoms with Gasteiger partial charge in [0.15, 0.2) is 5.79 Å². The van der Waals surface area contributed by atoms with Crippen LogP contribution in [0, 0.1) is 0 Å². The molecule has 0 aliphatic carbocycles. The van der Waals surface area contributed by atoms with Gasteiger partial charge in [-0.1, -0.05) is 0 Å². The zero-order valence-electron chi connectivity index (χ0n) is 12.5. The number of aliphatic hydroxyl groups is 1. The van der Waals surface area contributed by atoms with Crippen molar-refractivity contribution in [3.63, 3.8) is 0 Å². The summed E-state index contributed by atoms with van der Waals surface area (Å²) < 4.78 is 27.6. The summed E-state index contributed by atoms with van der Waals surface area (Å²) in [6, 6.07) is 0. The molecule has 2 aliphatic heterocycles. The maximum atomic E-state index is 11.6. The number of rotatable bonds is 4. The van der Waals surface area contributed by atoms with E-state index in [1.54, 1.807) is 20.8 Å². The normalized spacial score (nSPS) is 42.5. The molecule has 2 rings (SSSR count). The van der Waals surface area contributed by atoms with Crippen LogP contribution >= 0.6 is 0 Å². The predicted octanol–water partition coefficient (Wildman–Crippen LogP) is 0.193. The third-order valence-electron chi connectivity index (χ3n) is 3.82. The van der Waals surface area contributed by atoms with Crippen molar-refractivity contribution in [2.24, 2.45) is 0 Å². The zero-order chi connectivity index (χ0) is 15.2. The van der Waals surface area contributed by atoms with Crippen LogP contribution in [-0.2, 0) is 28.5 Å². The summed E-state index contributed by atoms with van der Waals surface area (Å²) in [5.74, 6) is -2.65. The van der Waals surface area contributed by atoms with Crippen LogP contribution in [0.4, 0.5) is 0 Å². The molecule has 0 bridgehead atoms. The van der Waals surface area contributed by atoms with E-state index in [0.717, 1.165) is 0 Å². The van der Waals surface area contributed by atoms with Gasteiger partial charge in [0.25, 0.3) is 0 Å². The van der Waals surface area contributed by atoms with Crippen LogP contribution in [0.3, 0.4) is 0 Å². The molecule has 2 saturated heterocycles. The van der Waals surface area contributed by atoms with Gasteiger partial charge in [-0.3, -0.25) is 4.79 Å². The second-order valence-electron chi connectivity index (χ2n) is 5.82. The quantitative estimate of drug-likeness (QED) is 0.740. The molecular formula is C13H22O7. The Bertz CT molecular complexity index is 396. The fourth-order valence-corrected chi connectivity index (χ4v) is 2.80. The summed E-state index contributed by atoms with van der Waals surface area (Å²) in [6.07, 6.45) is -1.30. The molecule has 116 valence electrons. The van der Waals surface area contributed by atoms with Gasteiger partial charge in [-0.05, 0) is 20.8 Å². The molecule has 0 radical (unpaired) electrons. The first-order valence-corrected chi connectivity index (χ1v) is 6.50. The van der Waals surface area contributed by atoms with Crippen LogP contribution in [0.25, 0.3) is 0 Å². The average Bonchev–Trinajstić information content (AvgIpc) is 2.83. The molecule has 2 heterocycles. The largest absolute Gasteiger partial charge is 0.469 e. The summed E-state index contributed by atoms with van der Waals surface area (Å²) in [6.45, 7) is 4.96. The molecular weight excluding hydrogens is 268 g/mol. The topological polar surface area (TPSA) is 83.5 Å². The number of fused-ring (bicyclic) bond motifs is 1. The average molecular weight is 290 g/mol. The van der Waals surface area contributed by atoms with Crippen LogP contribution in [0.5, 0.6) is 0 Å². The second-order valence-corrected chi connectivity index (χ2v) is 5.82. The summed E-state index contributed by atoms with van der Waals surface area (Å²) in [5, 5.41) is 9.63. The molecule has 20 heavy (non-hydrogen) atoms. The molecule has 0 aromatic rings. The van der Waals surface area contributed by atoms with Gasteiger partial charge in [-0.25, -0.2) is 0 Å². The molecule has 0 unspecified atom stereocenters. The first kappa shape index (κ1) is 15.7. The number of esters is 1. The van der Waals surface area contributed by atoms with Gasteiger partial charge in [0.05, 0.1) is 13.7 Å². The van der Waals surface area contributed by atoms with Crippen molar-refractivity contribution in [1.82, 2.24) is 0 Å². The van der Waals surface area contributed by atoms with Crippen LogP contribution in [0.1, 0.15) is 27.2 Å². The smallest absolute Gasteiger partial charge is 0.311 e. The van der Waals surface area contributed by atoms with E-state index in [4.69, 9.17) is 18.9 Å². The molecule has 0 aromatic heterocycles. The Morgan fingerprint density at radius 2 is 1.80 bits per heavy atom. The molecule has 0 saturated carbocycles. The standard InChI is InChI=1S/C13H22O7/c1-11(2)18-9-10(19-11)13(17-5,6-8(15)16-4)20-12(9,3)7-14/h9-10,14H,6-7H2,1-5H3/t9-,10+,12+,13-/m0/s1. The first-order valence-electron chi connectivity index (χ1n) is 6.50. The number of hydrogen-bond donors (Lipinski definition) is 1. The molecule has 7 nitrogen and oxygen atoms in total. The fraction of sp³-hybridized carbons (Fsp3) is 0.923. The van der Waals surface area contributed by atoms with Crippen molar-refractivity contribution >= 4 is 5.97 Å². The number of hydrogen-bond acceptors (Lipinski definition) is 7. The zero-order valence-corrected chi connectivity index (χ0v) is 12.5. The highest BCUT2D eigenvalue weighted by Gasteiger charge is 2.68. The number of aliphatic hydroxyl groups excluding tert-OH is 1. The van der Waals surface area contributed by atoms with Gasteiger partial charge in [0.1, 0.15) is 24.2 Å². The minimum Gasteiger partial charge on any atom is -0.469 e. The van der Waals surface area contributed by atoms with Gasteiger partial charge in [-0.2, -0.15) is 0 Å². The van der Waals surface area contributed by atoms with E-state index in [0.29, 0.717) is 0 Å². The third-order valence-corrected chi connectivity index (χ3v) is 3.82. The first-order chi connectivity index (χ1) is 9.22. The Balaban J connectivity index is 2.36. The summed E-state index contributed by atoms with van der Waals surface area (Å²) >= 11 is 0. The van der Waals surface area contributed by atoms with Crippen LogP contribution in [0.2, 0.25) is 0 Å². The van der Waals surface area contributed by atoms with Gasteiger partial charge in [-0.15, -0.1) is 0 Å². The molecule has 2 aliphatic rings. The van der Waals surface area contributed by atoms with Gasteiger partial charge < -0.3 is 28.8 Å². The van der Waals surface area contributed by atoms with E-state index >= 15 is 0 Å². The molecule has 0 spiro atoms. The second kappa shape index (κ2) is 4.92. The van der Waals surface area contributed by atoms with Crippen molar-refractivity contribution in [2.45, 2.75) is 56.6 Å². The molecule has 2 fully saturated rings. The van der Waals surface area contributed by atoms with Gasteiger partial charge >= 0.3 is 5.97 Å². The number of carbonyl (C=O) groups is 1. The van der Waals surface area contributed by atoms with E-state index in [-0.39, 0.29) is 13.0 Å². The lowest BCUT2D eigenvalue weighted by Gasteiger charge is -2.35. The number of carbonyl (C=O) groups excluding carboxylic acids is 1. The lowest BCUT2D eigenvalue weighted by Crippen LogP contribution is -2.47. The van der Waals surface area contributed by atoms with E-state index in [2.05, 4.69) is 4.74 Å². The molecule has 1 N–H and O–H groups in total. The lowest BCUT2D eigenvalue weighted by atomic mass is 9.95. The molecule has 4 atom stereocenters.